The number of aromatic amines is 1. The molecule has 0 spiro atoms. The van der Waals surface area contributed by atoms with Crippen LogP contribution in [-0.2, 0) is 25.6 Å². The van der Waals surface area contributed by atoms with E-state index < -0.39 is 41.8 Å². The van der Waals surface area contributed by atoms with Crippen molar-refractivity contribution in [3.63, 3.8) is 0 Å². The summed E-state index contributed by atoms with van der Waals surface area (Å²) in [6.07, 6.45) is 2.22. The van der Waals surface area contributed by atoms with Crippen LogP contribution in [0.2, 0.25) is 0 Å². The molecule has 0 aliphatic rings. The van der Waals surface area contributed by atoms with Crippen molar-refractivity contribution in [2.45, 2.75) is 44.8 Å². The Morgan fingerprint density at radius 1 is 1.03 bits per heavy atom. The molecule has 3 atom stereocenters. The number of carboxylic acids is 1. The summed E-state index contributed by atoms with van der Waals surface area (Å²) in [6.45, 7) is 3.45. The third-order valence-corrected chi connectivity index (χ3v) is 5.44. The number of carboxylic acid groups (broad SMARTS) is 1. The first-order valence-corrected chi connectivity index (χ1v) is 11.3. The summed E-state index contributed by atoms with van der Waals surface area (Å²) in [5.41, 5.74) is 7.12. The molecule has 0 saturated carbocycles. The van der Waals surface area contributed by atoms with Crippen molar-refractivity contribution < 1.29 is 24.3 Å². The Bertz CT molecular complexity index is 992. The number of benzene rings is 1. The SMILES string of the molecule is CC(C)CC(NC(=O)C(Cc1c[nH]c2ccccc12)NC(=O)CN)C(=O)NC(CS)C(=O)O. The predicted molar refractivity (Wildman–Crippen MR) is 128 cm³/mol. The molecule has 0 saturated heterocycles. The van der Waals surface area contributed by atoms with Crippen LogP contribution in [-0.4, -0.2) is 64.2 Å². The number of aromatic nitrogens is 1. The maximum Gasteiger partial charge on any atom is 0.327 e. The van der Waals surface area contributed by atoms with Gasteiger partial charge in [-0.25, -0.2) is 4.79 Å². The second-order valence-electron chi connectivity index (χ2n) is 8.16. The van der Waals surface area contributed by atoms with Crippen LogP contribution in [0.4, 0.5) is 0 Å². The molecule has 0 radical (unpaired) electrons. The Hall–Kier alpha value is -3.05. The maximum absolute atomic E-state index is 13.2. The van der Waals surface area contributed by atoms with E-state index in [1.807, 2.05) is 38.1 Å². The molecule has 180 valence electrons. The minimum Gasteiger partial charge on any atom is -0.480 e. The number of nitrogens with two attached hydrogens (primary N) is 1. The van der Waals surface area contributed by atoms with Crippen LogP contribution in [0.1, 0.15) is 25.8 Å². The van der Waals surface area contributed by atoms with Crippen molar-refractivity contribution in [2.24, 2.45) is 11.7 Å². The van der Waals surface area contributed by atoms with Crippen molar-refractivity contribution in [2.75, 3.05) is 12.3 Å². The second-order valence-corrected chi connectivity index (χ2v) is 8.53. The number of fused-ring (bicyclic) bond motifs is 1. The molecular weight excluding hydrogens is 446 g/mol. The molecule has 0 bridgehead atoms. The van der Waals surface area contributed by atoms with Crippen molar-refractivity contribution in [3.05, 3.63) is 36.0 Å². The maximum atomic E-state index is 13.2. The third kappa shape index (κ3) is 7.50. The Balaban J connectivity index is 2.23. The fourth-order valence-electron chi connectivity index (χ4n) is 3.42. The molecule has 11 heteroatoms. The first-order chi connectivity index (χ1) is 15.7. The first kappa shape index (κ1) is 26.2. The Morgan fingerprint density at radius 2 is 1.67 bits per heavy atom. The molecule has 33 heavy (non-hydrogen) atoms. The van der Waals surface area contributed by atoms with Gasteiger partial charge in [0.2, 0.25) is 17.7 Å². The van der Waals surface area contributed by atoms with E-state index in [9.17, 15) is 24.3 Å². The zero-order valence-electron chi connectivity index (χ0n) is 18.6. The number of hydrogen-bond donors (Lipinski definition) is 7. The van der Waals surface area contributed by atoms with Crippen LogP contribution in [0.3, 0.4) is 0 Å². The lowest BCUT2D eigenvalue weighted by Crippen LogP contribution is -2.57. The molecular formula is C22H31N5O5S. The van der Waals surface area contributed by atoms with E-state index in [1.54, 1.807) is 6.20 Å². The van der Waals surface area contributed by atoms with Gasteiger partial charge in [0, 0.05) is 29.3 Å². The van der Waals surface area contributed by atoms with Gasteiger partial charge in [0.25, 0.3) is 0 Å². The van der Waals surface area contributed by atoms with E-state index in [0.29, 0.717) is 0 Å². The van der Waals surface area contributed by atoms with Crippen molar-refractivity contribution >= 4 is 47.2 Å². The fourth-order valence-corrected chi connectivity index (χ4v) is 3.66. The van der Waals surface area contributed by atoms with Crippen LogP contribution >= 0.6 is 12.6 Å². The number of para-hydroxylation sites is 1. The minimum absolute atomic E-state index is 0.0334. The van der Waals surface area contributed by atoms with E-state index in [4.69, 9.17) is 5.73 Å². The van der Waals surface area contributed by atoms with Crippen LogP contribution in [0.5, 0.6) is 0 Å². The first-order valence-electron chi connectivity index (χ1n) is 10.6. The topological polar surface area (TPSA) is 166 Å². The van der Waals surface area contributed by atoms with Gasteiger partial charge in [-0.15, -0.1) is 0 Å². The van der Waals surface area contributed by atoms with E-state index in [0.717, 1.165) is 16.5 Å². The highest BCUT2D eigenvalue weighted by atomic mass is 32.1. The van der Waals surface area contributed by atoms with Crippen LogP contribution in [0.15, 0.2) is 30.5 Å². The van der Waals surface area contributed by atoms with Gasteiger partial charge < -0.3 is 31.8 Å². The highest BCUT2D eigenvalue weighted by Crippen LogP contribution is 2.19. The summed E-state index contributed by atoms with van der Waals surface area (Å²) in [6, 6.07) is 4.40. The van der Waals surface area contributed by atoms with E-state index in [1.165, 1.54) is 0 Å². The van der Waals surface area contributed by atoms with Gasteiger partial charge in [-0.3, -0.25) is 14.4 Å². The average molecular weight is 478 g/mol. The lowest BCUT2D eigenvalue weighted by atomic mass is 10.0. The second kappa shape index (κ2) is 12.3. The van der Waals surface area contributed by atoms with Gasteiger partial charge in [0.1, 0.15) is 18.1 Å². The number of H-pyrrole nitrogens is 1. The van der Waals surface area contributed by atoms with Gasteiger partial charge in [-0.1, -0.05) is 32.0 Å². The van der Waals surface area contributed by atoms with Gasteiger partial charge in [0.15, 0.2) is 0 Å². The number of nitrogens with one attached hydrogen (secondary N) is 4. The zero-order valence-corrected chi connectivity index (χ0v) is 19.5. The average Bonchev–Trinajstić information content (AvgIpc) is 3.18. The largest absolute Gasteiger partial charge is 0.480 e. The van der Waals surface area contributed by atoms with Gasteiger partial charge >= 0.3 is 5.97 Å². The number of carbonyl (C=O) groups is 4. The molecule has 0 aliphatic carbocycles. The zero-order chi connectivity index (χ0) is 24.5. The molecule has 0 fully saturated rings. The molecule has 0 aliphatic heterocycles. The normalized spacial score (nSPS) is 13.8. The Morgan fingerprint density at radius 3 is 2.27 bits per heavy atom. The number of thiol groups is 1. The molecule has 1 aromatic heterocycles. The number of carbonyl (C=O) groups excluding carboxylic acids is 3. The third-order valence-electron chi connectivity index (χ3n) is 5.07. The minimum atomic E-state index is -1.22. The van der Waals surface area contributed by atoms with Gasteiger partial charge in [-0.05, 0) is 24.0 Å². The lowest BCUT2D eigenvalue weighted by molar-refractivity contribution is -0.141. The van der Waals surface area contributed by atoms with Gasteiger partial charge in [-0.2, -0.15) is 12.6 Å². The number of amides is 3. The number of hydrogen-bond acceptors (Lipinski definition) is 6. The van der Waals surface area contributed by atoms with Crippen LogP contribution < -0.4 is 21.7 Å². The summed E-state index contributed by atoms with van der Waals surface area (Å²) < 4.78 is 0. The van der Waals surface area contributed by atoms with E-state index >= 15 is 0 Å². The smallest absolute Gasteiger partial charge is 0.327 e. The summed E-state index contributed by atoms with van der Waals surface area (Å²) in [5.74, 6) is -3.00. The van der Waals surface area contributed by atoms with Gasteiger partial charge in [0.05, 0.1) is 6.54 Å². The highest BCUT2D eigenvalue weighted by molar-refractivity contribution is 7.80. The Labute approximate surface area is 197 Å². The molecule has 10 nitrogen and oxygen atoms in total. The van der Waals surface area contributed by atoms with Crippen LogP contribution in [0.25, 0.3) is 10.9 Å². The Kier molecular flexibility index (Phi) is 9.74. The summed E-state index contributed by atoms with van der Waals surface area (Å²) in [5, 5.41) is 17.8. The lowest BCUT2D eigenvalue weighted by Gasteiger charge is -2.25. The number of aliphatic carboxylic acids is 1. The molecule has 1 aromatic carbocycles. The van der Waals surface area contributed by atoms with E-state index in [-0.39, 0.29) is 31.1 Å². The molecule has 2 aromatic rings. The molecule has 3 unspecified atom stereocenters. The standard InChI is InChI=1S/C22H31N5O5S/c1-12(2)7-16(20(29)27-18(11-33)22(31)32)26-21(30)17(25-19(28)9-23)8-13-10-24-15-6-4-3-5-14(13)15/h3-6,10,12,16-18,24,33H,7-9,11,23H2,1-2H3,(H,25,28)(H,26,30)(H,27,29)(H,31,32). The molecule has 3 amide bonds. The van der Waals surface area contributed by atoms with E-state index in [2.05, 4.69) is 33.6 Å². The van der Waals surface area contributed by atoms with Crippen molar-refractivity contribution in [3.8, 4) is 0 Å². The van der Waals surface area contributed by atoms with Crippen molar-refractivity contribution in [1.29, 1.82) is 0 Å². The van der Waals surface area contributed by atoms with Crippen molar-refractivity contribution in [1.82, 2.24) is 20.9 Å². The fraction of sp³-hybridized carbons (Fsp3) is 0.455. The van der Waals surface area contributed by atoms with Crippen LogP contribution in [0, 0.1) is 5.92 Å². The summed E-state index contributed by atoms with van der Waals surface area (Å²) in [4.78, 5) is 52.3. The summed E-state index contributed by atoms with van der Waals surface area (Å²) >= 11 is 3.95. The molecule has 7 N–H and O–H groups in total. The molecule has 2 rings (SSSR count). The highest BCUT2D eigenvalue weighted by Gasteiger charge is 2.30. The number of rotatable bonds is 12. The monoisotopic (exact) mass is 477 g/mol. The quantitative estimate of drug-likeness (QED) is 0.215. The predicted octanol–water partition coefficient (Wildman–Crippen LogP) is 0.184. The molecule has 1 heterocycles. The summed E-state index contributed by atoms with van der Waals surface area (Å²) in [7, 11) is 0.